The van der Waals surface area contributed by atoms with Gasteiger partial charge in [-0.05, 0) is 39.2 Å². The maximum atomic E-state index is 12.1. The fourth-order valence-electron chi connectivity index (χ4n) is 2.52. The van der Waals surface area contributed by atoms with Gasteiger partial charge in [0.05, 0.1) is 6.04 Å². The molecule has 3 heteroatoms. The number of nitrogens with zero attached hydrogens (tertiary/aromatic N) is 1. The molecule has 0 spiro atoms. The van der Waals surface area contributed by atoms with Gasteiger partial charge in [0.15, 0.2) is 0 Å². The number of carbonyl (C=O) groups excluding carboxylic acids is 1. The standard InChI is InChI=1S/C11H20N2O/c1-9-5-4-8-13(9)11(14)10-6-2-3-7-12-10/h9-10,12H,2-8H2,1H3/t9?,10-/m1/s1. The van der Waals surface area contributed by atoms with Crippen LogP contribution in [0.5, 0.6) is 0 Å². The first-order valence-corrected chi connectivity index (χ1v) is 5.83. The average molecular weight is 196 g/mol. The van der Waals surface area contributed by atoms with Gasteiger partial charge in [-0.25, -0.2) is 0 Å². The van der Waals surface area contributed by atoms with Crippen LogP contribution in [0.25, 0.3) is 0 Å². The monoisotopic (exact) mass is 196 g/mol. The topological polar surface area (TPSA) is 32.3 Å². The van der Waals surface area contributed by atoms with Gasteiger partial charge in [-0.15, -0.1) is 0 Å². The van der Waals surface area contributed by atoms with Gasteiger partial charge in [0.2, 0.25) is 5.91 Å². The van der Waals surface area contributed by atoms with E-state index in [4.69, 9.17) is 0 Å². The molecule has 2 atom stereocenters. The third kappa shape index (κ3) is 1.92. The fourth-order valence-corrected chi connectivity index (χ4v) is 2.52. The minimum Gasteiger partial charge on any atom is -0.339 e. The molecule has 2 rings (SSSR count). The lowest BCUT2D eigenvalue weighted by atomic mass is 10.0. The molecule has 0 aromatic rings. The van der Waals surface area contributed by atoms with Gasteiger partial charge >= 0.3 is 0 Å². The van der Waals surface area contributed by atoms with Crippen molar-refractivity contribution in [2.75, 3.05) is 13.1 Å². The Hall–Kier alpha value is -0.570. The van der Waals surface area contributed by atoms with E-state index in [0.29, 0.717) is 11.9 Å². The molecule has 2 fully saturated rings. The predicted octanol–water partition coefficient (Wildman–Crippen LogP) is 1.14. The summed E-state index contributed by atoms with van der Waals surface area (Å²) in [5.74, 6) is 0.342. The molecule has 1 N–H and O–H groups in total. The Balaban J connectivity index is 1.92. The van der Waals surface area contributed by atoms with Crippen LogP contribution in [0.3, 0.4) is 0 Å². The molecule has 0 saturated carbocycles. The number of nitrogens with one attached hydrogen (secondary N) is 1. The van der Waals surface area contributed by atoms with Crippen LogP contribution in [0.4, 0.5) is 0 Å². The smallest absolute Gasteiger partial charge is 0.239 e. The molecule has 1 amide bonds. The SMILES string of the molecule is CC1CCCN1C(=O)[C@H]1CCCCN1. The predicted molar refractivity (Wildman–Crippen MR) is 56.1 cm³/mol. The highest BCUT2D eigenvalue weighted by Gasteiger charge is 2.30. The summed E-state index contributed by atoms with van der Waals surface area (Å²) in [6.45, 7) is 4.14. The second-order valence-corrected chi connectivity index (χ2v) is 4.53. The van der Waals surface area contributed by atoms with E-state index < -0.39 is 0 Å². The van der Waals surface area contributed by atoms with Crippen molar-refractivity contribution in [3.8, 4) is 0 Å². The molecule has 3 nitrogen and oxygen atoms in total. The van der Waals surface area contributed by atoms with Gasteiger partial charge < -0.3 is 10.2 Å². The number of likely N-dealkylation sites (tertiary alicyclic amines) is 1. The molecule has 0 aliphatic carbocycles. The van der Waals surface area contributed by atoms with Crippen molar-refractivity contribution >= 4 is 5.91 Å². The van der Waals surface area contributed by atoms with E-state index in [2.05, 4.69) is 17.1 Å². The Morgan fingerprint density at radius 2 is 2.14 bits per heavy atom. The fraction of sp³-hybridized carbons (Fsp3) is 0.909. The molecule has 0 aromatic carbocycles. The van der Waals surface area contributed by atoms with E-state index in [1.165, 1.54) is 25.7 Å². The number of hydrogen-bond acceptors (Lipinski definition) is 2. The molecule has 14 heavy (non-hydrogen) atoms. The molecule has 0 radical (unpaired) electrons. The van der Waals surface area contributed by atoms with E-state index in [0.717, 1.165) is 19.5 Å². The summed E-state index contributed by atoms with van der Waals surface area (Å²) in [6.07, 6.45) is 5.81. The van der Waals surface area contributed by atoms with Crippen molar-refractivity contribution in [2.45, 2.75) is 51.1 Å². The zero-order chi connectivity index (χ0) is 9.97. The molecular formula is C11H20N2O. The van der Waals surface area contributed by atoms with E-state index in [1.54, 1.807) is 0 Å². The lowest BCUT2D eigenvalue weighted by Crippen LogP contribution is -2.49. The van der Waals surface area contributed by atoms with Crippen LogP contribution in [-0.4, -0.2) is 36.0 Å². The van der Waals surface area contributed by atoms with E-state index in [-0.39, 0.29) is 6.04 Å². The van der Waals surface area contributed by atoms with Crippen LogP contribution in [-0.2, 0) is 4.79 Å². The summed E-state index contributed by atoms with van der Waals surface area (Å²) in [5.41, 5.74) is 0. The van der Waals surface area contributed by atoms with Crippen LogP contribution in [0, 0.1) is 0 Å². The van der Waals surface area contributed by atoms with Gasteiger partial charge in [0.25, 0.3) is 0 Å². The number of hydrogen-bond donors (Lipinski definition) is 1. The first kappa shape index (κ1) is 9.97. The van der Waals surface area contributed by atoms with Crippen molar-refractivity contribution < 1.29 is 4.79 Å². The second-order valence-electron chi connectivity index (χ2n) is 4.53. The van der Waals surface area contributed by atoms with Crippen LogP contribution >= 0.6 is 0 Å². The lowest BCUT2D eigenvalue weighted by Gasteiger charge is -2.29. The zero-order valence-corrected chi connectivity index (χ0v) is 8.96. The Morgan fingerprint density at radius 1 is 1.29 bits per heavy atom. The summed E-state index contributed by atoms with van der Waals surface area (Å²) in [6, 6.07) is 0.579. The summed E-state index contributed by atoms with van der Waals surface area (Å²) in [4.78, 5) is 14.1. The van der Waals surface area contributed by atoms with E-state index >= 15 is 0 Å². The Bertz CT molecular complexity index is 211. The molecule has 2 aliphatic rings. The quantitative estimate of drug-likeness (QED) is 0.682. The number of carbonyl (C=O) groups is 1. The zero-order valence-electron chi connectivity index (χ0n) is 8.96. The van der Waals surface area contributed by atoms with Crippen LogP contribution < -0.4 is 5.32 Å². The Morgan fingerprint density at radius 3 is 2.71 bits per heavy atom. The average Bonchev–Trinajstić information content (AvgIpc) is 2.65. The van der Waals surface area contributed by atoms with E-state index in [9.17, 15) is 4.79 Å². The molecule has 80 valence electrons. The van der Waals surface area contributed by atoms with Gasteiger partial charge in [0.1, 0.15) is 0 Å². The van der Waals surface area contributed by atoms with Gasteiger partial charge in [-0.2, -0.15) is 0 Å². The van der Waals surface area contributed by atoms with Gasteiger partial charge in [-0.3, -0.25) is 4.79 Å². The molecular weight excluding hydrogens is 176 g/mol. The van der Waals surface area contributed by atoms with Crippen LogP contribution in [0.2, 0.25) is 0 Å². The number of rotatable bonds is 1. The Labute approximate surface area is 85.8 Å². The molecule has 2 saturated heterocycles. The van der Waals surface area contributed by atoms with Crippen LogP contribution in [0.15, 0.2) is 0 Å². The molecule has 0 bridgehead atoms. The van der Waals surface area contributed by atoms with Crippen molar-refractivity contribution in [3.63, 3.8) is 0 Å². The first-order chi connectivity index (χ1) is 6.79. The molecule has 2 heterocycles. The van der Waals surface area contributed by atoms with Crippen molar-refractivity contribution in [1.82, 2.24) is 10.2 Å². The lowest BCUT2D eigenvalue weighted by molar-refractivity contribution is -0.134. The summed E-state index contributed by atoms with van der Waals surface area (Å²) < 4.78 is 0. The highest BCUT2D eigenvalue weighted by molar-refractivity contribution is 5.82. The Kier molecular flexibility index (Phi) is 3.06. The van der Waals surface area contributed by atoms with Crippen LogP contribution in [0.1, 0.15) is 39.0 Å². The summed E-state index contributed by atoms with van der Waals surface area (Å²) in [7, 11) is 0. The number of piperidine rings is 1. The molecule has 2 aliphatic heterocycles. The molecule has 1 unspecified atom stereocenters. The highest BCUT2D eigenvalue weighted by atomic mass is 16.2. The second kappa shape index (κ2) is 4.30. The van der Waals surface area contributed by atoms with Crippen molar-refractivity contribution in [2.24, 2.45) is 0 Å². The summed E-state index contributed by atoms with van der Waals surface area (Å²) >= 11 is 0. The molecule has 0 aromatic heterocycles. The van der Waals surface area contributed by atoms with Gasteiger partial charge in [-0.1, -0.05) is 6.42 Å². The highest BCUT2D eigenvalue weighted by Crippen LogP contribution is 2.19. The summed E-state index contributed by atoms with van der Waals surface area (Å²) in [5, 5.41) is 3.33. The largest absolute Gasteiger partial charge is 0.339 e. The van der Waals surface area contributed by atoms with Crippen molar-refractivity contribution in [3.05, 3.63) is 0 Å². The normalized spacial score (nSPS) is 33.4. The van der Waals surface area contributed by atoms with Gasteiger partial charge in [0, 0.05) is 12.6 Å². The van der Waals surface area contributed by atoms with E-state index in [1.807, 2.05) is 0 Å². The third-order valence-electron chi connectivity index (χ3n) is 3.44. The van der Waals surface area contributed by atoms with Crippen molar-refractivity contribution in [1.29, 1.82) is 0 Å². The number of amides is 1. The maximum Gasteiger partial charge on any atom is 0.239 e. The third-order valence-corrected chi connectivity index (χ3v) is 3.44. The first-order valence-electron chi connectivity index (χ1n) is 5.83. The maximum absolute atomic E-state index is 12.1. The minimum absolute atomic E-state index is 0.115. The minimum atomic E-state index is 0.115.